The molecule has 0 aliphatic heterocycles. The third-order valence-electron chi connectivity index (χ3n) is 2.22. The van der Waals surface area contributed by atoms with Gasteiger partial charge in [0.05, 0.1) is 5.69 Å². The van der Waals surface area contributed by atoms with Crippen LogP contribution in [0.1, 0.15) is 18.2 Å². The summed E-state index contributed by atoms with van der Waals surface area (Å²) in [5.41, 5.74) is 3.06. The van der Waals surface area contributed by atoms with E-state index in [0.717, 1.165) is 23.5 Å². The Labute approximate surface area is 86.4 Å². The number of H-pyrrole nitrogens is 1. The van der Waals surface area contributed by atoms with Crippen LogP contribution in [0.25, 0.3) is 11.4 Å². The number of aromatic amines is 1. The first kappa shape index (κ1) is 9.27. The maximum absolute atomic E-state index is 9.48. The molecule has 0 saturated carbocycles. The fourth-order valence-electron chi connectivity index (χ4n) is 1.38. The van der Waals surface area contributed by atoms with Gasteiger partial charge < -0.3 is 10.1 Å². The lowest BCUT2D eigenvalue weighted by molar-refractivity contribution is 0.450. The van der Waals surface area contributed by atoms with Crippen molar-refractivity contribution < 1.29 is 5.11 Å². The van der Waals surface area contributed by atoms with Crippen LogP contribution in [-0.4, -0.2) is 15.1 Å². The van der Waals surface area contributed by atoms with Crippen molar-refractivity contribution in [3.8, 4) is 17.3 Å². The van der Waals surface area contributed by atoms with Crippen LogP contribution >= 0.6 is 11.3 Å². The molecular formula is C10H12N2OS. The number of hydrogen-bond donors (Lipinski definition) is 2. The van der Waals surface area contributed by atoms with Crippen molar-refractivity contribution in [3.05, 3.63) is 22.0 Å². The molecule has 0 radical (unpaired) electrons. The van der Waals surface area contributed by atoms with E-state index in [4.69, 9.17) is 0 Å². The summed E-state index contributed by atoms with van der Waals surface area (Å²) in [4.78, 5) is 7.21. The van der Waals surface area contributed by atoms with Crippen LogP contribution in [0.3, 0.4) is 0 Å². The van der Waals surface area contributed by atoms with E-state index >= 15 is 0 Å². The van der Waals surface area contributed by atoms with Gasteiger partial charge in [-0.2, -0.15) is 16.3 Å². The topological polar surface area (TPSA) is 48.9 Å². The average Bonchev–Trinajstić information content (AvgIpc) is 2.71. The molecule has 74 valence electrons. The first-order valence-corrected chi connectivity index (χ1v) is 5.47. The van der Waals surface area contributed by atoms with Gasteiger partial charge in [0.2, 0.25) is 5.88 Å². The number of aromatic hydroxyl groups is 1. The summed E-state index contributed by atoms with van der Waals surface area (Å²) in [6.45, 7) is 4.02. The number of nitrogens with zero attached hydrogens (tertiary/aromatic N) is 1. The van der Waals surface area contributed by atoms with Gasteiger partial charge in [0.1, 0.15) is 5.82 Å². The summed E-state index contributed by atoms with van der Waals surface area (Å²) < 4.78 is 0. The molecule has 14 heavy (non-hydrogen) atoms. The Kier molecular flexibility index (Phi) is 2.29. The fraction of sp³-hybridized carbons (Fsp3) is 0.300. The van der Waals surface area contributed by atoms with E-state index in [9.17, 15) is 5.11 Å². The molecule has 0 unspecified atom stereocenters. The van der Waals surface area contributed by atoms with Crippen molar-refractivity contribution in [1.82, 2.24) is 9.97 Å². The zero-order valence-corrected chi connectivity index (χ0v) is 8.98. The molecule has 2 N–H and O–H groups in total. The monoisotopic (exact) mass is 208 g/mol. The Hall–Kier alpha value is -1.29. The predicted octanol–water partition coefficient (Wildman–Crippen LogP) is 2.71. The van der Waals surface area contributed by atoms with E-state index < -0.39 is 0 Å². The summed E-state index contributed by atoms with van der Waals surface area (Å²) in [5, 5.41) is 13.6. The lowest BCUT2D eigenvalue weighted by Crippen LogP contribution is -1.81. The molecule has 0 fully saturated rings. The quantitative estimate of drug-likeness (QED) is 0.797. The largest absolute Gasteiger partial charge is 0.492 e. The van der Waals surface area contributed by atoms with Crippen molar-refractivity contribution in [1.29, 1.82) is 0 Å². The molecule has 0 atom stereocenters. The van der Waals surface area contributed by atoms with Crippen LogP contribution in [0.15, 0.2) is 10.8 Å². The highest BCUT2D eigenvalue weighted by atomic mass is 32.1. The van der Waals surface area contributed by atoms with E-state index in [-0.39, 0.29) is 5.88 Å². The first-order chi connectivity index (χ1) is 6.72. The molecule has 2 aromatic heterocycles. The molecule has 0 bridgehead atoms. The number of aromatic nitrogens is 2. The van der Waals surface area contributed by atoms with Gasteiger partial charge in [0.25, 0.3) is 0 Å². The number of aryl methyl sites for hydroxylation is 2. The van der Waals surface area contributed by atoms with Crippen LogP contribution in [0.4, 0.5) is 0 Å². The maximum atomic E-state index is 9.48. The molecule has 2 aromatic rings. The Morgan fingerprint density at radius 3 is 2.79 bits per heavy atom. The second-order valence-corrected chi connectivity index (χ2v) is 3.95. The molecule has 2 rings (SSSR count). The van der Waals surface area contributed by atoms with Gasteiger partial charge in [0.15, 0.2) is 0 Å². The third-order valence-corrected chi connectivity index (χ3v) is 3.08. The summed E-state index contributed by atoms with van der Waals surface area (Å²) in [6, 6.07) is 0. The molecule has 0 amide bonds. The molecule has 0 saturated heterocycles. The van der Waals surface area contributed by atoms with Gasteiger partial charge in [-0.1, -0.05) is 6.92 Å². The van der Waals surface area contributed by atoms with Gasteiger partial charge in [-0.15, -0.1) is 0 Å². The number of hydrogen-bond acceptors (Lipinski definition) is 3. The zero-order chi connectivity index (χ0) is 10.1. The molecule has 2 heterocycles. The number of rotatable bonds is 2. The fourth-order valence-corrected chi connectivity index (χ4v) is 2.21. The Balaban J connectivity index is 2.47. The molecular weight excluding hydrogens is 196 g/mol. The van der Waals surface area contributed by atoms with Gasteiger partial charge >= 0.3 is 0 Å². The minimum Gasteiger partial charge on any atom is -0.492 e. The van der Waals surface area contributed by atoms with Crippen molar-refractivity contribution in [2.45, 2.75) is 20.3 Å². The molecule has 4 heteroatoms. The van der Waals surface area contributed by atoms with E-state index in [1.807, 2.05) is 19.2 Å². The third kappa shape index (κ3) is 1.42. The normalized spacial score (nSPS) is 10.7. The highest BCUT2D eigenvalue weighted by molar-refractivity contribution is 7.08. The van der Waals surface area contributed by atoms with Gasteiger partial charge in [-0.05, 0) is 24.3 Å². The summed E-state index contributed by atoms with van der Waals surface area (Å²) in [6.07, 6.45) is 0.766. The van der Waals surface area contributed by atoms with Crippen LogP contribution in [-0.2, 0) is 6.42 Å². The van der Waals surface area contributed by atoms with E-state index in [0.29, 0.717) is 0 Å². The van der Waals surface area contributed by atoms with Gasteiger partial charge in [-0.3, -0.25) is 0 Å². The standard InChI is InChI=1S/C10H12N2OS/c1-3-8-10(13)12-9(11-8)7-5-14-4-6(7)2/h4-5,13H,3H2,1-2H3,(H,11,12). The van der Waals surface area contributed by atoms with Crippen molar-refractivity contribution in [2.24, 2.45) is 0 Å². The molecule has 0 aliphatic rings. The Morgan fingerprint density at radius 1 is 1.50 bits per heavy atom. The van der Waals surface area contributed by atoms with Crippen LogP contribution in [0.5, 0.6) is 5.88 Å². The molecule has 0 aliphatic carbocycles. The highest BCUT2D eigenvalue weighted by Crippen LogP contribution is 2.27. The summed E-state index contributed by atoms with van der Waals surface area (Å²) in [7, 11) is 0. The van der Waals surface area contributed by atoms with Crippen molar-refractivity contribution >= 4 is 11.3 Å². The zero-order valence-electron chi connectivity index (χ0n) is 8.16. The van der Waals surface area contributed by atoms with E-state index in [2.05, 4.69) is 15.3 Å². The van der Waals surface area contributed by atoms with Crippen molar-refractivity contribution in [2.75, 3.05) is 0 Å². The first-order valence-electron chi connectivity index (χ1n) is 4.53. The second-order valence-electron chi connectivity index (χ2n) is 3.21. The van der Waals surface area contributed by atoms with Gasteiger partial charge in [0, 0.05) is 10.9 Å². The Morgan fingerprint density at radius 2 is 2.29 bits per heavy atom. The lowest BCUT2D eigenvalue weighted by atomic mass is 10.2. The van der Waals surface area contributed by atoms with Crippen LogP contribution in [0, 0.1) is 6.92 Å². The maximum Gasteiger partial charge on any atom is 0.232 e. The molecule has 0 spiro atoms. The smallest absolute Gasteiger partial charge is 0.232 e. The molecule has 3 nitrogen and oxygen atoms in total. The predicted molar refractivity (Wildman–Crippen MR) is 57.7 cm³/mol. The minimum atomic E-state index is 0.119. The minimum absolute atomic E-state index is 0.119. The number of thiophene rings is 1. The number of imidazole rings is 1. The van der Waals surface area contributed by atoms with E-state index in [1.165, 1.54) is 5.56 Å². The highest BCUT2D eigenvalue weighted by Gasteiger charge is 2.11. The molecule has 0 aromatic carbocycles. The van der Waals surface area contributed by atoms with Crippen molar-refractivity contribution in [3.63, 3.8) is 0 Å². The Bertz CT molecular complexity index is 445. The average molecular weight is 208 g/mol. The van der Waals surface area contributed by atoms with Gasteiger partial charge in [-0.25, -0.2) is 0 Å². The van der Waals surface area contributed by atoms with Crippen LogP contribution in [0.2, 0.25) is 0 Å². The summed E-state index contributed by atoms with van der Waals surface area (Å²) >= 11 is 1.64. The number of nitrogens with one attached hydrogen (secondary N) is 1. The van der Waals surface area contributed by atoms with E-state index in [1.54, 1.807) is 11.3 Å². The lowest BCUT2D eigenvalue weighted by Gasteiger charge is -1.92. The summed E-state index contributed by atoms with van der Waals surface area (Å²) in [5.74, 6) is 0.881. The second kappa shape index (κ2) is 3.46. The SMILES string of the molecule is CCc1[nH]c(-c2cscc2C)nc1O. The van der Waals surface area contributed by atoms with Crippen LogP contribution < -0.4 is 0 Å².